The number of fused-ring (bicyclic) bond motifs is 9. The van der Waals surface area contributed by atoms with Crippen LogP contribution in [0.5, 0.6) is 0 Å². The number of aromatic nitrogens is 3. The second kappa shape index (κ2) is 14.3. The third-order valence-electron chi connectivity index (χ3n) is 12.2. The van der Waals surface area contributed by atoms with Gasteiger partial charge in [-0.3, -0.25) is 0 Å². The predicted octanol–water partition coefficient (Wildman–Crippen LogP) is 15.6. The maximum Gasteiger partial charge on any atom is 0.167 e. The fourth-order valence-corrected chi connectivity index (χ4v) is 10.5. The first-order valence-corrected chi connectivity index (χ1v) is 21.6. The lowest BCUT2D eigenvalue weighted by Gasteiger charge is -2.21. The Labute approximate surface area is 375 Å². The summed E-state index contributed by atoms with van der Waals surface area (Å²) in [6, 6.07) is 55.4. The van der Waals surface area contributed by atoms with Crippen LogP contribution in [0, 0.1) is 0 Å². The summed E-state index contributed by atoms with van der Waals surface area (Å²) in [4.78, 5) is 14.9. The van der Waals surface area contributed by atoms with Gasteiger partial charge in [0.25, 0.3) is 0 Å². The van der Waals surface area contributed by atoms with Gasteiger partial charge < -0.3 is 4.42 Å². The van der Waals surface area contributed by atoms with Gasteiger partial charge in [0.15, 0.2) is 17.5 Å². The molecule has 0 fully saturated rings. The highest BCUT2D eigenvalue weighted by atomic mass is 32.1. The molecule has 0 saturated carbocycles. The molecule has 4 nitrogen and oxygen atoms in total. The minimum atomic E-state index is -0.713. The van der Waals surface area contributed by atoms with E-state index in [1.54, 1.807) is 11.3 Å². The lowest BCUT2D eigenvalue weighted by molar-refractivity contribution is 0.669. The van der Waals surface area contributed by atoms with E-state index in [1.165, 1.54) is 12.1 Å². The van der Waals surface area contributed by atoms with Crippen LogP contribution in [0.25, 0.3) is 110 Å². The van der Waals surface area contributed by atoms with Gasteiger partial charge in [0.2, 0.25) is 0 Å². The zero-order chi connectivity index (χ0) is 46.7. The fourth-order valence-electron chi connectivity index (χ4n) is 9.29. The Morgan fingerprint density at radius 2 is 1.02 bits per heavy atom. The molecule has 0 aliphatic heterocycles. The summed E-state index contributed by atoms with van der Waals surface area (Å²) >= 11 is 1.71. The van der Waals surface area contributed by atoms with E-state index < -0.39 is 5.92 Å². The molecule has 0 atom stereocenters. The first-order valence-electron chi connectivity index (χ1n) is 23.8. The van der Waals surface area contributed by atoms with Crippen molar-refractivity contribution < 1.29 is 12.6 Å². The van der Waals surface area contributed by atoms with Gasteiger partial charge >= 0.3 is 0 Å². The number of rotatable bonds is 6. The number of para-hydroxylation sites is 1. The molecule has 0 radical (unpaired) electrons. The minimum absolute atomic E-state index is 0.0621. The molecule has 0 amide bonds. The van der Waals surface area contributed by atoms with Crippen LogP contribution in [-0.4, -0.2) is 15.0 Å². The molecule has 0 N–H and O–H groups in total. The van der Waals surface area contributed by atoms with Gasteiger partial charge in [-0.25, -0.2) is 15.0 Å². The average molecular weight is 828 g/mol. The van der Waals surface area contributed by atoms with Crippen LogP contribution in [0.3, 0.4) is 0 Å². The lowest BCUT2D eigenvalue weighted by Crippen LogP contribution is -2.02. The third kappa shape index (κ3) is 5.78. The molecular formula is C58H35N3OS. The summed E-state index contributed by atoms with van der Waals surface area (Å²) in [6.07, 6.45) is 0. The number of benzene rings is 9. The van der Waals surface area contributed by atoms with Crippen LogP contribution in [0.2, 0.25) is 0 Å². The summed E-state index contributed by atoms with van der Waals surface area (Å²) < 4.78 is 63.1. The van der Waals surface area contributed by atoms with Crippen molar-refractivity contribution in [3.05, 3.63) is 223 Å². The van der Waals surface area contributed by atoms with Crippen molar-refractivity contribution in [2.24, 2.45) is 0 Å². The van der Waals surface area contributed by atoms with E-state index in [0.29, 0.717) is 39.8 Å². The fraction of sp³-hybridized carbons (Fsp3) is 0.0172. The smallest absolute Gasteiger partial charge is 0.167 e. The van der Waals surface area contributed by atoms with Gasteiger partial charge in [0.1, 0.15) is 11.2 Å². The quantitative estimate of drug-likeness (QED) is 0.168. The Morgan fingerprint density at radius 1 is 0.413 bits per heavy atom. The Hall–Kier alpha value is -7.99. The molecule has 0 saturated heterocycles. The van der Waals surface area contributed by atoms with Gasteiger partial charge in [0, 0.05) is 48.0 Å². The molecule has 12 aromatic rings. The first kappa shape index (κ1) is 30.1. The van der Waals surface area contributed by atoms with Crippen molar-refractivity contribution in [1.82, 2.24) is 15.0 Å². The lowest BCUT2D eigenvalue weighted by atomic mass is 9.83. The molecule has 3 heterocycles. The summed E-state index contributed by atoms with van der Waals surface area (Å²) in [5.74, 6) is 0.906. The summed E-state index contributed by atoms with van der Waals surface area (Å²) in [5.41, 5.74) is 9.83. The van der Waals surface area contributed by atoms with Crippen molar-refractivity contribution in [3.8, 4) is 67.5 Å². The number of thiophene rings is 1. The van der Waals surface area contributed by atoms with E-state index in [1.807, 2.05) is 97.1 Å². The first-order chi connectivity index (χ1) is 33.7. The maximum atomic E-state index is 9.30. The zero-order valence-corrected chi connectivity index (χ0v) is 34.2. The summed E-state index contributed by atoms with van der Waals surface area (Å²) in [6.45, 7) is 0. The normalized spacial score (nSPS) is 13.7. The Morgan fingerprint density at radius 3 is 1.75 bits per heavy atom. The maximum absolute atomic E-state index is 9.30. The molecule has 9 aromatic carbocycles. The van der Waals surface area contributed by atoms with Gasteiger partial charge in [-0.2, -0.15) is 0 Å². The Bertz CT molecular complexity index is 3990. The van der Waals surface area contributed by atoms with Crippen molar-refractivity contribution in [1.29, 1.82) is 0 Å². The monoisotopic (exact) mass is 827 g/mol. The molecule has 1 aliphatic rings. The van der Waals surface area contributed by atoms with Crippen molar-refractivity contribution in [2.45, 2.75) is 5.92 Å². The number of nitrogens with zero attached hydrogens (tertiary/aromatic N) is 3. The van der Waals surface area contributed by atoms with E-state index in [9.17, 15) is 2.74 Å². The third-order valence-corrected chi connectivity index (χ3v) is 13.4. The van der Waals surface area contributed by atoms with Gasteiger partial charge in [-0.15, -0.1) is 11.3 Å². The molecule has 1 aliphatic carbocycles. The topological polar surface area (TPSA) is 51.8 Å². The van der Waals surface area contributed by atoms with Crippen LogP contribution < -0.4 is 0 Å². The van der Waals surface area contributed by atoms with Gasteiger partial charge in [-0.1, -0.05) is 176 Å². The number of furan rings is 1. The van der Waals surface area contributed by atoms with Crippen LogP contribution in [0.15, 0.2) is 211 Å². The molecular weight excluding hydrogens is 787 g/mol. The second-order valence-corrected chi connectivity index (χ2v) is 16.8. The molecule has 294 valence electrons. The van der Waals surface area contributed by atoms with E-state index in [0.717, 1.165) is 75.5 Å². The minimum Gasteiger partial charge on any atom is -0.455 e. The number of hydrogen-bond donors (Lipinski definition) is 0. The Balaban J connectivity index is 1.01. The molecule has 3 aromatic heterocycles. The van der Waals surface area contributed by atoms with Gasteiger partial charge in [-0.05, 0) is 80.4 Å². The van der Waals surface area contributed by atoms with Gasteiger partial charge in [0.05, 0.1) is 13.8 Å². The highest BCUT2D eigenvalue weighted by Crippen LogP contribution is 2.52. The van der Waals surface area contributed by atoms with Crippen molar-refractivity contribution in [3.63, 3.8) is 0 Å². The van der Waals surface area contributed by atoms with Crippen LogP contribution in [-0.2, 0) is 0 Å². The van der Waals surface area contributed by atoms with E-state index >= 15 is 0 Å². The highest BCUT2D eigenvalue weighted by molar-refractivity contribution is 7.26. The van der Waals surface area contributed by atoms with E-state index in [4.69, 9.17) is 24.9 Å². The van der Waals surface area contributed by atoms with Crippen LogP contribution in [0.1, 0.15) is 30.8 Å². The highest BCUT2D eigenvalue weighted by Gasteiger charge is 2.32. The largest absolute Gasteiger partial charge is 0.455 e. The SMILES string of the molecule is [2H]c1cc([2H])c2c(c1[2H])-c1c([2H])c([2H])cc([2H])c1C2c1ccc(-c2ccc3c(c2)oc2c(-c4nc(-c5ccccc5)nc(-c5ccccc5)n4)cccc23)cc1-c1cccc2c1sc1ccccc12. The molecule has 63 heavy (non-hydrogen) atoms. The zero-order valence-electron chi connectivity index (χ0n) is 39.4. The molecule has 13 rings (SSSR count). The summed E-state index contributed by atoms with van der Waals surface area (Å²) in [5, 5.41) is 4.13. The van der Waals surface area contributed by atoms with E-state index in [-0.39, 0.29) is 47.4 Å². The molecule has 0 bridgehead atoms. The Kier molecular flexibility index (Phi) is 6.83. The number of hydrogen-bond acceptors (Lipinski definition) is 5. The molecule has 0 spiro atoms. The predicted molar refractivity (Wildman–Crippen MR) is 260 cm³/mol. The van der Waals surface area contributed by atoms with Crippen LogP contribution in [0.4, 0.5) is 0 Å². The molecule has 0 unspecified atom stereocenters. The van der Waals surface area contributed by atoms with Crippen LogP contribution >= 0.6 is 11.3 Å². The van der Waals surface area contributed by atoms with Crippen molar-refractivity contribution >= 4 is 53.4 Å². The van der Waals surface area contributed by atoms with Crippen molar-refractivity contribution in [2.75, 3.05) is 0 Å². The average Bonchev–Trinajstić information content (AvgIpc) is 4.08. The standard InChI is InChI=1S/C58H35N3OS/c1-3-15-35(16-4-1)56-59-57(36-17-5-2-6-18-36)61-58(60-56)49-27-13-24-46-41-31-29-38(34-51(41)62-54(46)49)37-30-32-45(53-43-22-9-7-19-39(43)40-20-8-10-23-44(40)53)50(33-37)48-26-14-25-47-42-21-11-12-28-52(42)63-55(47)48/h1-34,53H/i7D,8D,19D,20D,22D,23D. The molecule has 5 heteroatoms. The van der Waals surface area contributed by atoms with E-state index in [2.05, 4.69) is 60.7 Å². The second-order valence-electron chi connectivity index (χ2n) is 15.7. The summed E-state index contributed by atoms with van der Waals surface area (Å²) in [7, 11) is 0.